The minimum atomic E-state index is -0.274. The third-order valence-electron chi connectivity index (χ3n) is 5.77. The van der Waals surface area contributed by atoms with Crippen molar-refractivity contribution in [3.8, 4) is 11.4 Å². The van der Waals surface area contributed by atoms with E-state index < -0.39 is 0 Å². The number of ketones is 1. The molecule has 0 radical (unpaired) electrons. The molecule has 0 spiro atoms. The van der Waals surface area contributed by atoms with E-state index in [0.717, 1.165) is 54.5 Å². The van der Waals surface area contributed by atoms with Gasteiger partial charge in [-0.05, 0) is 68.4 Å². The number of piperazine rings is 1. The van der Waals surface area contributed by atoms with Crippen LogP contribution in [0.2, 0.25) is 0 Å². The van der Waals surface area contributed by atoms with E-state index in [1.165, 1.54) is 12.1 Å². The Labute approximate surface area is 176 Å². The number of Topliss-reactive ketones (excluding diaryl/α,β-unsaturated/α-hetero) is 1. The summed E-state index contributed by atoms with van der Waals surface area (Å²) in [5.74, 6) is 0.0970. The molecule has 2 heterocycles. The number of anilines is 1. The number of hydrogen-bond donors (Lipinski definition) is 1. The summed E-state index contributed by atoms with van der Waals surface area (Å²) < 4.78 is 15.3. The van der Waals surface area contributed by atoms with Gasteiger partial charge in [0.25, 0.3) is 0 Å². The highest BCUT2D eigenvalue weighted by Crippen LogP contribution is 2.23. The molecule has 1 aliphatic rings. The Bertz CT molecular complexity index is 1030. The van der Waals surface area contributed by atoms with Crippen molar-refractivity contribution < 1.29 is 14.3 Å². The van der Waals surface area contributed by atoms with Crippen LogP contribution in [0.5, 0.6) is 5.75 Å². The lowest BCUT2D eigenvalue weighted by Crippen LogP contribution is -2.48. The zero-order valence-corrected chi connectivity index (χ0v) is 17.3. The van der Waals surface area contributed by atoms with Gasteiger partial charge in [0.15, 0.2) is 5.78 Å². The third-order valence-corrected chi connectivity index (χ3v) is 5.77. The number of hydrogen-bond acceptors (Lipinski definition) is 4. The minimum Gasteiger partial charge on any atom is -0.508 e. The van der Waals surface area contributed by atoms with Gasteiger partial charge in [-0.3, -0.25) is 9.69 Å². The molecule has 0 aliphatic carbocycles. The second-order valence-electron chi connectivity index (χ2n) is 7.80. The summed E-state index contributed by atoms with van der Waals surface area (Å²) in [6.45, 7) is 7.58. The summed E-state index contributed by atoms with van der Waals surface area (Å²) in [5, 5.41) is 9.45. The number of aromatic hydroxyl groups is 1. The number of halogens is 1. The molecule has 5 nitrogen and oxygen atoms in total. The topological polar surface area (TPSA) is 48.7 Å². The maximum Gasteiger partial charge on any atom is 0.178 e. The maximum atomic E-state index is 13.3. The molecule has 156 valence electrons. The van der Waals surface area contributed by atoms with E-state index in [4.69, 9.17) is 0 Å². The van der Waals surface area contributed by atoms with Gasteiger partial charge in [0.05, 0.1) is 6.54 Å². The Kier molecular flexibility index (Phi) is 5.59. The Balaban J connectivity index is 1.42. The van der Waals surface area contributed by atoms with Crippen molar-refractivity contribution in [2.75, 3.05) is 37.6 Å². The molecule has 1 saturated heterocycles. The molecular formula is C24H26FN3O2. The van der Waals surface area contributed by atoms with Crippen LogP contribution >= 0.6 is 0 Å². The van der Waals surface area contributed by atoms with E-state index in [-0.39, 0.29) is 17.3 Å². The third kappa shape index (κ3) is 4.09. The SMILES string of the molecule is Cc1cc(C(=O)CN2CCN(c3ccc(O)cc3)CC2)c(C)n1-c1ccc(F)cc1. The van der Waals surface area contributed by atoms with Crippen LogP contribution in [0.3, 0.4) is 0 Å². The predicted molar refractivity (Wildman–Crippen MR) is 116 cm³/mol. The minimum absolute atomic E-state index is 0.106. The largest absolute Gasteiger partial charge is 0.508 e. The lowest BCUT2D eigenvalue weighted by atomic mass is 10.1. The zero-order chi connectivity index (χ0) is 21.3. The lowest BCUT2D eigenvalue weighted by molar-refractivity contribution is 0.0926. The number of nitrogens with zero attached hydrogens (tertiary/aromatic N) is 3. The number of phenolic OH excluding ortho intramolecular Hbond substituents is 1. The van der Waals surface area contributed by atoms with Crippen molar-refractivity contribution in [3.05, 3.63) is 77.4 Å². The Morgan fingerprint density at radius 3 is 2.17 bits per heavy atom. The van der Waals surface area contributed by atoms with Crippen molar-refractivity contribution in [1.29, 1.82) is 0 Å². The Morgan fingerprint density at radius 1 is 0.933 bits per heavy atom. The monoisotopic (exact) mass is 407 g/mol. The second-order valence-corrected chi connectivity index (χ2v) is 7.80. The molecule has 4 rings (SSSR count). The van der Waals surface area contributed by atoms with Crippen LogP contribution in [0.25, 0.3) is 5.69 Å². The molecule has 0 bridgehead atoms. The fourth-order valence-electron chi connectivity index (χ4n) is 4.15. The first-order valence-electron chi connectivity index (χ1n) is 10.2. The summed E-state index contributed by atoms with van der Waals surface area (Å²) in [5.41, 5.74) is 4.50. The number of carbonyl (C=O) groups excluding carboxylic acids is 1. The summed E-state index contributed by atoms with van der Waals surface area (Å²) >= 11 is 0. The molecule has 30 heavy (non-hydrogen) atoms. The highest BCUT2D eigenvalue weighted by atomic mass is 19.1. The normalized spacial score (nSPS) is 14.8. The van der Waals surface area contributed by atoms with Gasteiger partial charge in [0, 0.05) is 54.5 Å². The standard InChI is InChI=1S/C24H26FN3O2/c1-17-15-23(18(2)28(17)21-5-3-19(25)4-6-21)24(30)16-26-11-13-27(14-12-26)20-7-9-22(29)10-8-20/h3-10,15,29H,11-14,16H2,1-2H3. The van der Waals surface area contributed by atoms with Gasteiger partial charge in [0.2, 0.25) is 0 Å². The van der Waals surface area contributed by atoms with Crippen molar-refractivity contribution in [1.82, 2.24) is 9.47 Å². The summed E-state index contributed by atoms with van der Waals surface area (Å²) in [6, 6.07) is 15.5. The Morgan fingerprint density at radius 2 is 1.53 bits per heavy atom. The van der Waals surface area contributed by atoms with Crippen LogP contribution in [-0.4, -0.2) is 53.1 Å². The van der Waals surface area contributed by atoms with Gasteiger partial charge in [-0.15, -0.1) is 0 Å². The lowest BCUT2D eigenvalue weighted by Gasteiger charge is -2.35. The smallest absolute Gasteiger partial charge is 0.178 e. The van der Waals surface area contributed by atoms with Crippen LogP contribution in [0.15, 0.2) is 54.6 Å². The first kappa shape index (κ1) is 20.2. The number of benzene rings is 2. The van der Waals surface area contributed by atoms with Gasteiger partial charge in [0.1, 0.15) is 11.6 Å². The zero-order valence-electron chi connectivity index (χ0n) is 17.3. The predicted octanol–water partition coefficient (Wildman–Crippen LogP) is 3.94. The van der Waals surface area contributed by atoms with Crippen molar-refractivity contribution in [2.24, 2.45) is 0 Å². The molecule has 3 aromatic rings. The molecule has 0 unspecified atom stereocenters. The highest BCUT2D eigenvalue weighted by Gasteiger charge is 2.22. The van der Waals surface area contributed by atoms with E-state index in [1.807, 2.05) is 36.6 Å². The number of aryl methyl sites for hydroxylation is 1. The fourth-order valence-corrected chi connectivity index (χ4v) is 4.15. The highest BCUT2D eigenvalue weighted by molar-refractivity contribution is 5.99. The molecule has 1 aliphatic heterocycles. The fraction of sp³-hybridized carbons (Fsp3) is 0.292. The molecule has 0 saturated carbocycles. The summed E-state index contributed by atoms with van der Waals surface area (Å²) in [6.07, 6.45) is 0. The van der Waals surface area contributed by atoms with Gasteiger partial charge in [-0.1, -0.05) is 0 Å². The van der Waals surface area contributed by atoms with E-state index in [0.29, 0.717) is 6.54 Å². The number of rotatable bonds is 5. The number of aromatic nitrogens is 1. The average Bonchev–Trinajstić information content (AvgIpc) is 3.04. The van der Waals surface area contributed by atoms with Crippen LogP contribution in [-0.2, 0) is 0 Å². The molecule has 1 N–H and O–H groups in total. The van der Waals surface area contributed by atoms with E-state index in [9.17, 15) is 14.3 Å². The second kappa shape index (κ2) is 8.32. The maximum absolute atomic E-state index is 13.3. The van der Waals surface area contributed by atoms with Gasteiger partial charge in [-0.25, -0.2) is 4.39 Å². The van der Waals surface area contributed by atoms with Crippen LogP contribution in [0.4, 0.5) is 10.1 Å². The molecule has 1 aromatic heterocycles. The van der Waals surface area contributed by atoms with Crippen LogP contribution < -0.4 is 4.90 Å². The number of phenols is 1. The molecule has 0 atom stereocenters. The first-order valence-corrected chi connectivity index (χ1v) is 10.2. The summed E-state index contributed by atoms with van der Waals surface area (Å²) in [4.78, 5) is 17.5. The number of carbonyl (C=O) groups is 1. The van der Waals surface area contributed by atoms with Gasteiger partial charge < -0.3 is 14.6 Å². The van der Waals surface area contributed by atoms with Crippen LogP contribution in [0.1, 0.15) is 21.7 Å². The molecule has 1 fully saturated rings. The average molecular weight is 407 g/mol. The van der Waals surface area contributed by atoms with E-state index in [1.54, 1.807) is 24.3 Å². The van der Waals surface area contributed by atoms with Crippen molar-refractivity contribution >= 4 is 11.5 Å². The van der Waals surface area contributed by atoms with Gasteiger partial charge >= 0.3 is 0 Å². The van der Waals surface area contributed by atoms with E-state index >= 15 is 0 Å². The van der Waals surface area contributed by atoms with E-state index in [2.05, 4.69) is 9.80 Å². The quantitative estimate of drug-likeness (QED) is 0.651. The summed E-state index contributed by atoms with van der Waals surface area (Å²) in [7, 11) is 0. The van der Waals surface area contributed by atoms with Crippen molar-refractivity contribution in [2.45, 2.75) is 13.8 Å². The molecular weight excluding hydrogens is 381 g/mol. The van der Waals surface area contributed by atoms with Crippen molar-refractivity contribution in [3.63, 3.8) is 0 Å². The molecule has 0 amide bonds. The van der Waals surface area contributed by atoms with Gasteiger partial charge in [-0.2, -0.15) is 0 Å². The first-order chi connectivity index (χ1) is 14.4. The molecule has 2 aromatic carbocycles. The Hall–Kier alpha value is -3.12. The van der Waals surface area contributed by atoms with Crippen LogP contribution in [0, 0.1) is 19.7 Å². The molecule has 6 heteroatoms.